The van der Waals surface area contributed by atoms with Crippen LogP contribution in [0.15, 0.2) is 16.9 Å². The van der Waals surface area contributed by atoms with Gasteiger partial charge in [0.15, 0.2) is 0 Å². The van der Waals surface area contributed by atoms with Crippen molar-refractivity contribution in [3.63, 3.8) is 0 Å². The highest BCUT2D eigenvalue weighted by Crippen LogP contribution is 1.90. The Morgan fingerprint density at radius 1 is 1.90 bits per heavy atom. The Bertz CT molecular complexity index is 287. The van der Waals surface area contributed by atoms with E-state index in [4.69, 9.17) is 0 Å². The first-order valence-corrected chi connectivity index (χ1v) is 2.96. The van der Waals surface area contributed by atoms with Crippen LogP contribution in [0.5, 0.6) is 0 Å². The first-order valence-electron chi connectivity index (χ1n) is 2.55. The van der Waals surface area contributed by atoms with Gasteiger partial charge in [0.25, 0.3) is 0 Å². The molecule has 1 rings (SSSR count). The first kappa shape index (κ1) is 7.01. The zero-order valence-corrected chi connectivity index (χ0v) is 6.05. The number of nitrogens with zero attached hydrogens (tertiary/aromatic N) is 1. The maximum atomic E-state index is 10.3. The molecule has 10 heavy (non-hydrogen) atoms. The van der Waals surface area contributed by atoms with Crippen molar-refractivity contribution in [1.29, 1.82) is 0 Å². The molecule has 4 nitrogen and oxygen atoms in total. The maximum Gasteiger partial charge on any atom is 0.330 e. The van der Waals surface area contributed by atoms with Crippen molar-refractivity contribution in [3.05, 3.63) is 17.3 Å². The van der Waals surface area contributed by atoms with E-state index in [-0.39, 0.29) is 4.84 Å². The number of carbonyl (C=O) groups excluding carboxylic acids is 1. The van der Waals surface area contributed by atoms with Crippen LogP contribution in [0.25, 0.3) is 0 Å². The van der Waals surface area contributed by atoms with Crippen LogP contribution in [-0.2, 0) is 4.79 Å². The molecule has 1 aromatic heterocycles. The van der Waals surface area contributed by atoms with E-state index in [0.29, 0.717) is 0 Å². The van der Waals surface area contributed by atoms with Crippen molar-refractivity contribution in [1.82, 2.24) is 4.73 Å². The van der Waals surface area contributed by atoms with Crippen molar-refractivity contribution in [2.24, 2.45) is 0 Å². The largest absolute Gasteiger partial charge is 0.436 e. The summed E-state index contributed by atoms with van der Waals surface area (Å²) in [5.74, 6) is -0.433. The van der Waals surface area contributed by atoms with Crippen LogP contribution in [0.1, 0.15) is 6.92 Å². The quantitative estimate of drug-likeness (QED) is 0.568. The van der Waals surface area contributed by atoms with E-state index >= 15 is 0 Å². The summed E-state index contributed by atoms with van der Waals surface area (Å²) in [4.78, 5) is 15.0. The highest BCUT2D eigenvalue weighted by atomic mass is 32.1. The van der Waals surface area contributed by atoms with Crippen LogP contribution < -0.4 is 4.84 Å². The van der Waals surface area contributed by atoms with Crippen LogP contribution in [0.4, 0.5) is 0 Å². The van der Waals surface area contributed by atoms with E-state index in [1.807, 2.05) is 0 Å². The van der Waals surface area contributed by atoms with Crippen LogP contribution in [0, 0.1) is 4.84 Å². The second-order valence-electron chi connectivity index (χ2n) is 1.58. The number of oxazole rings is 1. The third-order valence-electron chi connectivity index (χ3n) is 0.772. The van der Waals surface area contributed by atoms with E-state index in [9.17, 15) is 4.79 Å². The van der Waals surface area contributed by atoms with Gasteiger partial charge in [-0.15, -0.1) is 4.73 Å². The van der Waals surface area contributed by atoms with Crippen molar-refractivity contribution in [2.75, 3.05) is 0 Å². The average molecular weight is 159 g/mol. The van der Waals surface area contributed by atoms with Gasteiger partial charge in [0.05, 0.1) is 6.20 Å². The fourth-order valence-electron chi connectivity index (χ4n) is 0.463. The molecule has 0 aliphatic carbocycles. The SMILES string of the molecule is CC(=O)On1ccoc1=S. The lowest BCUT2D eigenvalue weighted by atomic mass is 10.8. The number of hydrogen-bond acceptors (Lipinski definition) is 4. The summed E-state index contributed by atoms with van der Waals surface area (Å²) in [6.07, 6.45) is 2.76. The molecular formula is C5H5NO3S. The fourth-order valence-corrected chi connectivity index (χ4v) is 0.617. The predicted octanol–water partition coefficient (Wildman–Crippen LogP) is 0.786. The smallest absolute Gasteiger partial charge is 0.330 e. The van der Waals surface area contributed by atoms with Crippen LogP contribution in [0.2, 0.25) is 0 Å². The molecule has 0 unspecified atom stereocenters. The minimum absolute atomic E-state index is 0.121. The summed E-state index contributed by atoms with van der Waals surface area (Å²) in [6.45, 7) is 1.29. The molecule has 0 saturated carbocycles. The van der Waals surface area contributed by atoms with Crippen molar-refractivity contribution in [3.8, 4) is 0 Å². The van der Waals surface area contributed by atoms with Crippen LogP contribution >= 0.6 is 12.2 Å². The second kappa shape index (κ2) is 2.66. The van der Waals surface area contributed by atoms with Gasteiger partial charge in [-0.25, -0.2) is 4.79 Å². The normalized spacial score (nSPS) is 9.30. The molecule has 0 aliphatic heterocycles. The van der Waals surface area contributed by atoms with Crippen LogP contribution in [-0.4, -0.2) is 10.7 Å². The Labute approximate surface area is 62.0 Å². The molecule has 1 aromatic rings. The molecule has 0 spiro atoms. The molecule has 0 aromatic carbocycles. The molecule has 0 fully saturated rings. The Morgan fingerprint density at radius 3 is 3.00 bits per heavy atom. The summed E-state index contributed by atoms with van der Waals surface area (Å²) >= 11 is 4.62. The van der Waals surface area contributed by atoms with Gasteiger partial charge in [-0.1, -0.05) is 0 Å². The van der Waals surface area contributed by atoms with Gasteiger partial charge < -0.3 is 9.25 Å². The second-order valence-corrected chi connectivity index (χ2v) is 1.93. The lowest BCUT2D eigenvalue weighted by molar-refractivity contribution is -0.141. The highest BCUT2D eigenvalue weighted by Gasteiger charge is 1.96. The summed E-state index contributed by atoms with van der Waals surface area (Å²) in [6, 6.07) is 0. The maximum absolute atomic E-state index is 10.3. The molecule has 5 heteroatoms. The van der Waals surface area contributed by atoms with Gasteiger partial charge in [-0.05, 0) is 12.2 Å². The van der Waals surface area contributed by atoms with Crippen molar-refractivity contribution in [2.45, 2.75) is 6.92 Å². The highest BCUT2D eigenvalue weighted by molar-refractivity contribution is 7.71. The van der Waals surface area contributed by atoms with Crippen molar-refractivity contribution >= 4 is 18.2 Å². The van der Waals surface area contributed by atoms with Crippen LogP contribution in [0.3, 0.4) is 0 Å². The fraction of sp³-hybridized carbons (Fsp3) is 0.200. The molecule has 0 N–H and O–H groups in total. The minimum atomic E-state index is -0.433. The number of rotatable bonds is 1. The number of aromatic nitrogens is 1. The molecule has 54 valence electrons. The molecule has 0 radical (unpaired) electrons. The zero-order valence-electron chi connectivity index (χ0n) is 5.23. The van der Waals surface area contributed by atoms with E-state index in [0.717, 1.165) is 4.73 Å². The molecular weight excluding hydrogens is 154 g/mol. The molecule has 0 saturated heterocycles. The average Bonchev–Trinajstić information content (AvgIpc) is 2.15. The third-order valence-corrected chi connectivity index (χ3v) is 1.05. The van der Waals surface area contributed by atoms with E-state index < -0.39 is 5.97 Å². The Hall–Kier alpha value is -1.10. The van der Waals surface area contributed by atoms with Gasteiger partial charge in [-0.2, -0.15) is 0 Å². The summed E-state index contributed by atoms with van der Waals surface area (Å²) in [5.41, 5.74) is 0. The van der Waals surface area contributed by atoms with Crippen molar-refractivity contribution < 1.29 is 14.0 Å². The molecule has 0 bridgehead atoms. The molecule has 0 atom stereocenters. The van der Waals surface area contributed by atoms with Gasteiger partial charge in [0.1, 0.15) is 6.26 Å². The van der Waals surface area contributed by atoms with E-state index in [1.54, 1.807) is 0 Å². The van der Waals surface area contributed by atoms with Gasteiger partial charge >= 0.3 is 10.8 Å². The zero-order chi connectivity index (χ0) is 7.56. The third kappa shape index (κ3) is 1.44. The Balaban J connectivity index is 2.85. The lowest BCUT2D eigenvalue weighted by Crippen LogP contribution is -2.14. The summed E-state index contributed by atoms with van der Waals surface area (Å²) in [7, 11) is 0. The Morgan fingerprint density at radius 2 is 2.60 bits per heavy atom. The van der Waals surface area contributed by atoms with Gasteiger partial charge in [0, 0.05) is 6.92 Å². The van der Waals surface area contributed by atoms with Gasteiger partial charge in [0.2, 0.25) is 0 Å². The monoisotopic (exact) mass is 159 g/mol. The topological polar surface area (TPSA) is 44.4 Å². The summed E-state index contributed by atoms with van der Waals surface area (Å²) in [5, 5.41) is 0. The molecule has 0 amide bonds. The molecule has 0 aliphatic rings. The lowest BCUT2D eigenvalue weighted by Gasteiger charge is -1.95. The standard InChI is InChI=1S/C5H5NO3S/c1-4(7)9-6-2-3-8-5(6)10/h2-3H,1H3. The van der Waals surface area contributed by atoms with Gasteiger partial charge in [-0.3, -0.25) is 0 Å². The van der Waals surface area contributed by atoms with E-state index in [1.165, 1.54) is 19.4 Å². The minimum Gasteiger partial charge on any atom is -0.436 e. The summed E-state index contributed by atoms with van der Waals surface area (Å²) < 4.78 is 5.75. The molecule has 1 heterocycles. The van der Waals surface area contributed by atoms with E-state index in [2.05, 4.69) is 21.5 Å². The Kier molecular flexibility index (Phi) is 1.86. The number of hydrogen-bond donors (Lipinski definition) is 0. The first-order chi connectivity index (χ1) is 4.70. The number of carbonyl (C=O) groups is 1. The predicted molar refractivity (Wildman–Crippen MR) is 34.8 cm³/mol.